The summed E-state index contributed by atoms with van der Waals surface area (Å²) >= 11 is 5.43. The molecule has 2 N–H and O–H groups in total. The number of thiophene rings is 1. The average molecular weight is 246 g/mol. The standard InChI is InChI=1S/C9H12BrNS/c1-5-8(10)3-9(12-5)7-2-6(7)4-11/h3,6-7H,2,4,11H2,1H3. The second kappa shape index (κ2) is 3.13. The zero-order valence-electron chi connectivity index (χ0n) is 7.01. The van der Waals surface area contributed by atoms with Crippen LogP contribution in [0.4, 0.5) is 0 Å². The monoisotopic (exact) mass is 245 g/mol. The summed E-state index contributed by atoms with van der Waals surface area (Å²) in [5, 5.41) is 0. The van der Waals surface area contributed by atoms with Gasteiger partial charge in [0.05, 0.1) is 0 Å². The molecule has 1 aromatic rings. The van der Waals surface area contributed by atoms with E-state index in [0.29, 0.717) is 0 Å². The van der Waals surface area contributed by atoms with Crippen LogP contribution in [0.15, 0.2) is 10.5 Å². The molecule has 1 fully saturated rings. The number of halogens is 1. The largest absolute Gasteiger partial charge is 0.330 e. The van der Waals surface area contributed by atoms with Crippen molar-refractivity contribution in [1.29, 1.82) is 0 Å². The van der Waals surface area contributed by atoms with Crippen molar-refractivity contribution >= 4 is 27.3 Å². The first kappa shape index (κ1) is 8.73. The Bertz CT molecular complexity index is 275. The molecule has 0 spiro atoms. The van der Waals surface area contributed by atoms with Gasteiger partial charge in [0.25, 0.3) is 0 Å². The fourth-order valence-electron chi connectivity index (χ4n) is 1.52. The minimum absolute atomic E-state index is 0.759. The highest BCUT2D eigenvalue weighted by molar-refractivity contribution is 9.10. The predicted molar refractivity (Wildman–Crippen MR) is 56.7 cm³/mol. The van der Waals surface area contributed by atoms with Gasteiger partial charge in [-0.15, -0.1) is 11.3 Å². The molecule has 0 saturated heterocycles. The second-order valence-electron chi connectivity index (χ2n) is 3.39. The first-order valence-corrected chi connectivity index (χ1v) is 5.79. The van der Waals surface area contributed by atoms with Gasteiger partial charge in [-0.25, -0.2) is 0 Å². The normalized spacial score (nSPS) is 27.6. The number of nitrogens with two attached hydrogens (primary N) is 1. The lowest BCUT2D eigenvalue weighted by molar-refractivity contribution is 0.815. The maximum atomic E-state index is 5.60. The molecule has 1 aliphatic carbocycles. The van der Waals surface area contributed by atoms with Crippen LogP contribution in [0.5, 0.6) is 0 Å². The summed E-state index contributed by atoms with van der Waals surface area (Å²) in [6, 6.07) is 2.25. The Hall–Kier alpha value is 0.140. The van der Waals surface area contributed by atoms with Crippen LogP contribution in [0, 0.1) is 12.8 Å². The second-order valence-corrected chi connectivity index (χ2v) is 5.53. The van der Waals surface area contributed by atoms with Crippen LogP contribution < -0.4 is 5.73 Å². The third-order valence-electron chi connectivity index (χ3n) is 2.47. The van der Waals surface area contributed by atoms with Crippen LogP contribution in [-0.2, 0) is 0 Å². The van der Waals surface area contributed by atoms with Crippen molar-refractivity contribution in [2.75, 3.05) is 6.54 Å². The van der Waals surface area contributed by atoms with E-state index >= 15 is 0 Å². The number of rotatable bonds is 2. The molecule has 2 atom stereocenters. The maximum absolute atomic E-state index is 5.60. The fourth-order valence-corrected chi connectivity index (χ4v) is 3.29. The van der Waals surface area contributed by atoms with E-state index in [0.717, 1.165) is 18.4 Å². The molecule has 2 rings (SSSR count). The smallest absolute Gasteiger partial charge is 0.0314 e. The van der Waals surface area contributed by atoms with Crippen molar-refractivity contribution in [1.82, 2.24) is 0 Å². The minimum atomic E-state index is 0.759. The Balaban J connectivity index is 2.15. The highest BCUT2D eigenvalue weighted by Gasteiger charge is 2.38. The molecular weight excluding hydrogens is 234 g/mol. The van der Waals surface area contributed by atoms with Gasteiger partial charge in [-0.05, 0) is 53.7 Å². The minimum Gasteiger partial charge on any atom is -0.330 e. The van der Waals surface area contributed by atoms with Crippen LogP contribution in [0.25, 0.3) is 0 Å². The molecule has 1 aliphatic rings. The van der Waals surface area contributed by atoms with E-state index in [1.54, 1.807) is 0 Å². The van der Waals surface area contributed by atoms with Gasteiger partial charge in [0.2, 0.25) is 0 Å². The van der Waals surface area contributed by atoms with Gasteiger partial charge >= 0.3 is 0 Å². The molecule has 1 heterocycles. The van der Waals surface area contributed by atoms with Crippen LogP contribution >= 0.6 is 27.3 Å². The lowest BCUT2D eigenvalue weighted by atomic mass is 10.2. The van der Waals surface area contributed by atoms with Gasteiger partial charge in [0.15, 0.2) is 0 Å². The van der Waals surface area contributed by atoms with Crippen LogP contribution in [0.3, 0.4) is 0 Å². The van der Waals surface area contributed by atoms with Crippen LogP contribution in [-0.4, -0.2) is 6.54 Å². The summed E-state index contributed by atoms with van der Waals surface area (Å²) in [7, 11) is 0. The van der Waals surface area contributed by atoms with Crippen molar-refractivity contribution in [2.45, 2.75) is 19.3 Å². The molecule has 0 radical (unpaired) electrons. The van der Waals surface area contributed by atoms with Crippen molar-refractivity contribution in [3.05, 3.63) is 20.3 Å². The zero-order valence-corrected chi connectivity index (χ0v) is 9.41. The lowest BCUT2D eigenvalue weighted by Gasteiger charge is -1.90. The number of aryl methyl sites for hydroxylation is 1. The fraction of sp³-hybridized carbons (Fsp3) is 0.556. The number of hydrogen-bond acceptors (Lipinski definition) is 2. The van der Waals surface area contributed by atoms with Crippen molar-refractivity contribution in [3.8, 4) is 0 Å². The van der Waals surface area contributed by atoms with Crippen molar-refractivity contribution in [3.63, 3.8) is 0 Å². The number of hydrogen-bond donors (Lipinski definition) is 1. The van der Waals surface area contributed by atoms with Crippen molar-refractivity contribution in [2.24, 2.45) is 11.7 Å². The molecule has 0 amide bonds. The molecule has 66 valence electrons. The van der Waals surface area contributed by atoms with Crippen molar-refractivity contribution < 1.29 is 0 Å². The van der Waals surface area contributed by atoms with Gasteiger partial charge in [-0.1, -0.05) is 0 Å². The Morgan fingerprint density at radius 1 is 1.75 bits per heavy atom. The van der Waals surface area contributed by atoms with Gasteiger partial charge in [0, 0.05) is 14.2 Å². The summed E-state index contributed by atoms with van der Waals surface area (Å²) in [4.78, 5) is 2.89. The van der Waals surface area contributed by atoms with E-state index in [9.17, 15) is 0 Å². The van der Waals surface area contributed by atoms with E-state index < -0.39 is 0 Å². The van der Waals surface area contributed by atoms with E-state index in [-0.39, 0.29) is 0 Å². The van der Waals surface area contributed by atoms with Gasteiger partial charge in [-0.3, -0.25) is 0 Å². The summed E-state index contributed by atoms with van der Waals surface area (Å²) in [5.74, 6) is 1.53. The Morgan fingerprint density at radius 3 is 2.92 bits per heavy atom. The molecule has 0 bridgehead atoms. The summed E-state index contributed by atoms with van der Waals surface area (Å²) < 4.78 is 1.25. The molecule has 1 aromatic heterocycles. The molecule has 3 heteroatoms. The van der Waals surface area contributed by atoms with Gasteiger partial charge < -0.3 is 5.73 Å². The third kappa shape index (κ3) is 1.45. The van der Waals surface area contributed by atoms with Gasteiger partial charge in [0.1, 0.15) is 0 Å². The Kier molecular flexibility index (Phi) is 2.27. The highest BCUT2D eigenvalue weighted by Crippen LogP contribution is 2.50. The zero-order chi connectivity index (χ0) is 8.72. The van der Waals surface area contributed by atoms with Crippen LogP contribution in [0.1, 0.15) is 22.1 Å². The van der Waals surface area contributed by atoms with E-state index in [4.69, 9.17) is 5.73 Å². The molecule has 0 aliphatic heterocycles. The first-order valence-electron chi connectivity index (χ1n) is 4.18. The molecule has 12 heavy (non-hydrogen) atoms. The Morgan fingerprint density at radius 2 is 2.50 bits per heavy atom. The third-order valence-corrected chi connectivity index (χ3v) is 4.74. The molecule has 1 saturated carbocycles. The predicted octanol–water partition coefficient (Wildman–Crippen LogP) is 2.88. The quantitative estimate of drug-likeness (QED) is 0.853. The topological polar surface area (TPSA) is 26.0 Å². The molecule has 1 nitrogen and oxygen atoms in total. The summed E-state index contributed by atoms with van der Waals surface area (Å²) in [5.41, 5.74) is 5.60. The van der Waals surface area contributed by atoms with E-state index in [1.165, 1.54) is 20.6 Å². The molecule has 2 unspecified atom stereocenters. The summed E-state index contributed by atoms with van der Waals surface area (Å²) in [6.07, 6.45) is 1.29. The Labute approximate surface area is 85.1 Å². The SMILES string of the molecule is Cc1sc(C2CC2CN)cc1Br. The molecular formula is C9H12BrNS. The van der Waals surface area contributed by atoms with Crippen LogP contribution in [0.2, 0.25) is 0 Å². The highest BCUT2D eigenvalue weighted by atomic mass is 79.9. The van der Waals surface area contributed by atoms with E-state index in [2.05, 4.69) is 28.9 Å². The maximum Gasteiger partial charge on any atom is 0.0314 e. The lowest BCUT2D eigenvalue weighted by Crippen LogP contribution is -2.01. The van der Waals surface area contributed by atoms with E-state index in [1.807, 2.05) is 11.3 Å². The molecule has 0 aromatic carbocycles. The summed E-state index contributed by atoms with van der Waals surface area (Å²) in [6.45, 7) is 3.00. The average Bonchev–Trinajstić information content (AvgIpc) is 2.75. The van der Waals surface area contributed by atoms with Gasteiger partial charge in [-0.2, -0.15) is 0 Å². The first-order chi connectivity index (χ1) is 5.72.